The van der Waals surface area contributed by atoms with Gasteiger partial charge in [0.05, 0.1) is 28.6 Å². The van der Waals surface area contributed by atoms with E-state index in [1.807, 2.05) is 0 Å². The summed E-state index contributed by atoms with van der Waals surface area (Å²) in [5.41, 5.74) is 0.602. The lowest BCUT2D eigenvalue weighted by atomic mass is 10.1. The Hall–Kier alpha value is -3.79. The topological polar surface area (TPSA) is 115 Å². The number of fused-ring (bicyclic) bond motifs is 2. The maximum atomic E-state index is 13.6. The van der Waals surface area contributed by atoms with E-state index < -0.39 is 26.9 Å². The number of carbonyl (C=O) groups excluding carboxylic acids is 2. The van der Waals surface area contributed by atoms with Crippen molar-refractivity contribution in [3.8, 4) is 11.5 Å². The summed E-state index contributed by atoms with van der Waals surface area (Å²) < 4.78 is 43.1. The van der Waals surface area contributed by atoms with Crippen LogP contribution >= 0.6 is 0 Å². The Morgan fingerprint density at radius 3 is 2.70 bits per heavy atom. The van der Waals surface area contributed by atoms with Gasteiger partial charge in [-0.05, 0) is 42.0 Å². The minimum absolute atomic E-state index is 0.00245. The zero-order valence-corrected chi connectivity index (χ0v) is 18.2. The van der Waals surface area contributed by atoms with Crippen LogP contribution in [-0.4, -0.2) is 33.6 Å². The van der Waals surface area contributed by atoms with Gasteiger partial charge in [0.2, 0.25) is 18.6 Å². The van der Waals surface area contributed by atoms with Crippen LogP contribution in [0.2, 0.25) is 0 Å². The molecule has 2 aromatic carbocycles. The van der Waals surface area contributed by atoms with Crippen molar-refractivity contribution in [3.05, 3.63) is 72.2 Å². The summed E-state index contributed by atoms with van der Waals surface area (Å²) in [5, 5.41) is 1.56. The number of rotatable bonds is 5. The first-order chi connectivity index (χ1) is 15.9. The second-order valence-electron chi connectivity index (χ2n) is 7.65. The molecule has 0 saturated heterocycles. The van der Waals surface area contributed by atoms with Crippen LogP contribution < -0.4 is 19.7 Å². The Morgan fingerprint density at radius 1 is 1.06 bits per heavy atom. The molecule has 5 rings (SSSR count). The summed E-state index contributed by atoms with van der Waals surface area (Å²) in [6, 6.07) is 14.5. The van der Waals surface area contributed by atoms with E-state index in [4.69, 9.17) is 13.9 Å². The third kappa shape index (κ3) is 3.93. The molecular formula is C23H20N2O7S. The molecule has 0 fully saturated rings. The highest BCUT2D eigenvalue weighted by atomic mass is 32.2. The summed E-state index contributed by atoms with van der Waals surface area (Å²) in [5.74, 6) is 0.609. The van der Waals surface area contributed by atoms with Gasteiger partial charge >= 0.3 is 0 Å². The number of hydrogen-bond acceptors (Lipinski definition) is 7. The number of amides is 2. The highest BCUT2D eigenvalue weighted by Crippen LogP contribution is 2.43. The first-order valence-corrected chi connectivity index (χ1v) is 11.8. The van der Waals surface area contributed by atoms with Crippen LogP contribution in [0.5, 0.6) is 11.5 Å². The molecule has 2 aliphatic rings. The predicted molar refractivity (Wildman–Crippen MR) is 116 cm³/mol. The van der Waals surface area contributed by atoms with Crippen LogP contribution in [0.3, 0.4) is 0 Å². The molecule has 33 heavy (non-hydrogen) atoms. The maximum absolute atomic E-state index is 13.6. The number of nitrogens with one attached hydrogen (secondary N) is 1. The molecule has 170 valence electrons. The number of hydrogen-bond donors (Lipinski definition) is 1. The van der Waals surface area contributed by atoms with E-state index >= 15 is 0 Å². The quantitative estimate of drug-likeness (QED) is 0.612. The van der Waals surface area contributed by atoms with Gasteiger partial charge in [-0.1, -0.05) is 18.2 Å². The molecule has 2 aliphatic heterocycles. The second-order valence-corrected chi connectivity index (χ2v) is 9.75. The Bertz CT molecular complexity index is 1320. The number of nitrogens with zero attached hydrogens (tertiary/aromatic N) is 1. The van der Waals surface area contributed by atoms with Crippen LogP contribution in [0.25, 0.3) is 0 Å². The van der Waals surface area contributed by atoms with Crippen molar-refractivity contribution >= 4 is 27.3 Å². The highest BCUT2D eigenvalue weighted by Gasteiger charge is 2.40. The van der Waals surface area contributed by atoms with Gasteiger partial charge in [0.25, 0.3) is 0 Å². The molecule has 1 N–H and O–H groups in total. The molecule has 2 amide bonds. The van der Waals surface area contributed by atoms with Gasteiger partial charge in [0, 0.05) is 6.42 Å². The lowest BCUT2D eigenvalue weighted by Gasteiger charge is -2.21. The molecule has 1 unspecified atom stereocenters. The second kappa shape index (κ2) is 8.28. The third-order valence-corrected chi connectivity index (χ3v) is 7.75. The molecule has 9 nitrogen and oxygen atoms in total. The van der Waals surface area contributed by atoms with Crippen LogP contribution in [0.1, 0.15) is 23.0 Å². The first kappa shape index (κ1) is 21.1. The van der Waals surface area contributed by atoms with Crippen molar-refractivity contribution in [1.29, 1.82) is 0 Å². The Balaban J connectivity index is 1.47. The van der Waals surface area contributed by atoms with E-state index in [-0.39, 0.29) is 36.9 Å². The molecule has 3 heterocycles. The lowest BCUT2D eigenvalue weighted by molar-refractivity contribution is -0.124. The van der Waals surface area contributed by atoms with Crippen LogP contribution in [0.15, 0.2) is 70.2 Å². The van der Waals surface area contributed by atoms with E-state index in [1.165, 1.54) is 23.3 Å². The van der Waals surface area contributed by atoms with Gasteiger partial charge < -0.3 is 24.1 Å². The number of furan rings is 1. The Kier molecular flexibility index (Phi) is 5.29. The predicted octanol–water partition coefficient (Wildman–Crippen LogP) is 2.58. The average Bonchev–Trinajstić information content (AvgIpc) is 3.49. The largest absolute Gasteiger partial charge is 0.467 e. The zero-order valence-electron chi connectivity index (χ0n) is 17.4. The Morgan fingerprint density at radius 2 is 1.88 bits per heavy atom. The first-order valence-electron chi connectivity index (χ1n) is 10.3. The number of sulfone groups is 1. The summed E-state index contributed by atoms with van der Waals surface area (Å²) >= 11 is 0. The van der Waals surface area contributed by atoms with E-state index in [2.05, 4.69) is 5.32 Å². The minimum atomic E-state index is -3.94. The fourth-order valence-corrected chi connectivity index (χ4v) is 5.88. The smallest absolute Gasteiger partial charge is 0.240 e. The molecule has 1 atom stereocenters. The van der Waals surface area contributed by atoms with Crippen molar-refractivity contribution in [2.24, 2.45) is 0 Å². The van der Waals surface area contributed by atoms with Gasteiger partial charge in [-0.2, -0.15) is 0 Å². The molecular weight excluding hydrogens is 448 g/mol. The summed E-state index contributed by atoms with van der Waals surface area (Å²) in [6.45, 7) is -0.105. The van der Waals surface area contributed by atoms with Crippen LogP contribution in [0.4, 0.5) is 5.69 Å². The molecule has 0 bridgehead atoms. The summed E-state index contributed by atoms with van der Waals surface area (Å²) in [7, 11) is -3.94. The van der Waals surface area contributed by atoms with Crippen molar-refractivity contribution < 1.29 is 31.9 Å². The van der Waals surface area contributed by atoms with Crippen LogP contribution in [0, 0.1) is 0 Å². The van der Waals surface area contributed by atoms with Gasteiger partial charge in [-0.15, -0.1) is 0 Å². The molecule has 10 heteroatoms. The van der Waals surface area contributed by atoms with E-state index in [9.17, 15) is 18.0 Å². The standard InChI is InChI=1S/C23H20N2O7S/c26-22(24-12-16-4-3-9-30-16)13-25-17-5-1-2-6-20(17)33(28,29)21(11-23(25)27)15-7-8-18-19(10-15)32-14-31-18/h1-10,21H,11-14H2,(H,24,26). The zero-order chi connectivity index (χ0) is 23.0. The number of carbonyl (C=O) groups is 2. The SMILES string of the molecule is O=C(CN1C(=O)CC(c2ccc3c(c2)OCO3)S(=O)(=O)c2ccccc21)NCc1ccco1. The van der Waals surface area contributed by atoms with Crippen molar-refractivity contribution in [1.82, 2.24) is 5.32 Å². The molecule has 3 aromatic rings. The number of benzene rings is 2. The van der Waals surface area contributed by atoms with Crippen LogP contribution in [-0.2, 0) is 26.0 Å². The van der Waals surface area contributed by atoms with Gasteiger partial charge in [0.1, 0.15) is 12.3 Å². The monoisotopic (exact) mass is 468 g/mol. The van der Waals surface area contributed by atoms with Crippen molar-refractivity contribution in [3.63, 3.8) is 0 Å². The van der Waals surface area contributed by atoms with E-state index in [1.54, 1.807) is 42.5 Å². The number of ether oxygens (including phenoxy) is 2. The number of para-hydroxylation sites is 1. The molecule has 0 radical (unpaired) electrons. The van der Waals surface area contributed by atoms with E-state index in [0.717, 1.165) is 0 Å². The van der Waals surface area contributed by atoms with Gasteiger partial charge in [-0.3, -0.25) is 9.59 Å². The van der Waals surface area contributed by atoms with Gasteiger partial charge in [0.15, 0.2) is 21.3 Å². The molecule has 1 aromatic heterocycles. The van der Waals surface area contributed by atoms with Crippen molar-refractivity contribution in [2.75, 3.05) is 18.2 Å². The summed E-state index contributed by atoms with van der Waals surface area (Å²) in [4.78, 5) is 27.1. The maximum Gasteiger partial charge on any atom is 0.240 e. The molecule has 0 spiro atoms. The minimum Gasteiger partial charge on any atom is -0.467 e. The third-order valence-electron chi connectivity index (χ3n) is 5.61. The normalized spacial score (nSPS) is 18.5. The fraction of sp³-hybridized carbons (Fsp3) is 0.217. The van der Waals surface area contributed by atoms with E-state index in [0.29, 0.717) is 22.8 Å². The molecule has 0 saturated carbocycles. The van der Waals surface area contributed by atoms with Gasteiger partial charge in [-0.25, -0.2) is 8.42 Å². The van der Waals surface area contributed by atoms with Crippen molar-refractivity contribution in [2.45, 2.75) is 23.1 Å². The molecule has 0 aliphatic carbocycles. The Labute approximate surface area is 189 Å². The fourth-order valence-electron chi connectivity index (χ4n) is 3.97. The highest BCUT2D eigenvalue weighted by molar-refractivity contribution is 7.92. The summed E-state index contributed by atoms with van der Waals surface area (Å²) in [6.07, 6.45) is 1.18. The number of anilines is 1. The lowest BCUT2D eigenvalue weighted by Crippen LogP contribution is -2.40. The average molecular weight is 468 g/mol.